The van der Waals surface area contributed by atoms with Gasteiger partial charge in [0, 0.05) is 0 Å². The number of hydrogen-bond donors (Lipinski definition) is 0. The van der Waals surface area contributed by atoms with Gasteiger partial charge in [-0.15, -0.1) is 0 Å². The van der Waals surface area contributed by atoms with Crippen molar-refractivity contribution in [2.75, 3.05) is 13.2 Å². The van der Waals surface area contributed by atoms with E-state index in [-0.39, 0.29) is 12.8 Å². The first-order chi connectivity index (χ1) is 8.49. The molecule has 0 aromatic carbocycles. The van der Waals surface area contributed by atoms with Crippen LogP contribution in [0.4, 0.5) is 26.3 Å². The standard InChI is InChI=1S/C8H14F6O3P2/c1-3-5-16-19(15,17-6-4-2)18(7(9,10)11)8(12,13)14/h3-6H2,1-2H3. The average molecular weight is 334 g/mol. The fourth-order valence-corrected chi connectivity index (χ4v) is 5.81. The molecule has 116 valence electrons. The fraction of sp³-hybridized carbons (Fsp3) is 1.00. The van der Waals surface area contributed by atoms with Gasteiger partial charge >= 0.3 is 19.1 Å². The van der Waals surface area contributed by atoms with Gasteiger partial charge in [0.1, 0.15) is 0 Å². The molecular formula is C8H14F6O3P2. The maximum absolute atomic E-state index is 12.5. The lowest BCUT2D eigenvalue weighted by atomic mass is 10.5. The van der Waals surface area contributed by atoms with E-state index in [4.69, 9.17) is 0 Å². The highest BCUT2D eigenvalue weighted by molar-refractivity contribution is 8.29. The Morgan fingerprint density at radius 2 is 1.21 bits per heavy atom. The Balaban J connectivity index is 5.43. The molecule has 0 fully saturated rings. The summed E-state index contributed by atoms with van der Waals surface area (Å²) in [6.45, 7) is 1.94. The molecule has 0 saturated carbocycles. The molecule has 0 bridgehead atoms. The third kappa shape index (κ3) is 5.98. The second-order valence-corrected chi connectivity index (χ2v) is 9.14. The van der Waals surface area contributed by atoms with Crippen LogP contribution in [0.1, 0.15) is 26.7 Å². The van der Waals surface area contributed by atoms with Crippen molar-refractivity contribution >= 4 is 14.9 Å². The van der Waals surface area contributed by atoms with Gasteiger partial charge < -0.3 is 9.05 Å². The molecule has 0 unspecified atom stereocenters. The van der Waals surface area contributed by atoms with Crippen molar-refractivity contribution in [1.29, 1.82) is 0 Å². The molecule has 0 aliphatic carbocycles. The average Bonchev–Trinajstić information content (AvgIpc) is 2.19. The van der Waals surface area contributed by atoms with E-state index in [9.17, 15) is 30.9 Å². The summed E-state index contributed by atoms with van der Waals surface area (Å²) in [5.74, 6) is -11.4. The van der Waals surface area contributed by atoms with Crippen molar-refractivity contribution < 1.29 is 40.0 Å². The summed E-state index contributed by atoms with van der Waals surface area (Å²) in [5.41, 5.74) is 0. The zero-order valence-corrected chi connectivity index (χ0v) is 12.0. The van der Waals surface area contributed by atoms with Gasteiger partial charge in [-0.3, -0.25) is 4.57 Å². The fourth-order valence-electron chi connectivity index (χ4n) is 0.988. The molecule has 0 aromatic rings. The van der Waals surface area contributed by atoms with Crippen molar-refractivity contribution in [3.8, 4) is 0 Å². The molecule has 0 heterocycles. The van der Waals surface area contributed by atoms with E-state index < -0.39 is 39.9 Å². The second-order valence-electron chi connectivity index (χ2n) is 3.38. The van der Waals surface area contributed by atoms with Crippen LogP contribution < -0.4 is 0 Å². The highest BCUT2D eigenvalue weighted by Gasteiger charge is 2.68. The third-order valence-corrected chi connectivity index (χ3v) is 7.63. The quantitative estimate of drug-likeness (QED) is 0.457. The van der Waals surface area contributed by atoms with Crippen LogP contribution in [0.15, 0.2) is 0 Å². The van der Waals surface area contributed by atoms with E-state index in [0.717, 1.165) is 0 Å². The van der Waals surface area contributed by atoms with E-state index in [1.54, 1.807) is 0 Å². The molecule has 0 amide bonds. The first-order valence-corrected chi connectivity index (χ1v) is 8.91. The van der Waals surface area contributed by atoms with Crippen LogP contribution in [0, 0.1) is 0 Å². The molecule has 0 spiro atoms. The number of hydrogen-bond acceptors (Lipinski definition) is 3. The summed E-state index contributed by atoms with van der Waals surface area (Å²) in [7, 11) is -10.2. The minimum absolute atomic E-state index is 0.123. The van der Waals surface area contributed by atoms with E-state index in [1.165, 1.54) is 13.8 Å². The molecule has 0 aliphatic rings. The monoisotopic (exact) mass is 334 g/mol. The molecule has 0 aromatic heterocycles. The summed E-state index contributed by atoms with van der Waals surface area (Å²) in [6, 6.07) is 0. The van der Waals surface area contributed by atoms with Gasteiger partial charge in [0.05, 0.1) is 13.2 Å². The maximum Gasteiger partial charge on any atom is 0.425 e. The van der Waals surface area contributed by atoms with E-state index in [1.807, 2.05) is 0 Å². The Morgan fingerprint density at radius 3 is 1.42 bits per heavy atom. The first-order valence-electron chi connectivity index (χ1n) is 5.32. The van der Waals surface area contributed by atoms with Crippen LogP contribution in [0.2, 0.25) is 0 Å². The molecular weight excluding hydrogens is 320 g/mol. The SMILES string of the molecule is CCCOP(=O)(OCCC)P(C(F)(F)F)C(F)(F)F. The molecule has 0 atom stereocenters. The predicted molar refractivity (Wildman–Crippen MR) is 59.1 cm³/mol. The molecule has 19 heavy (non-hydrogen) atoms. The lowest BCUT2D eigenvalue weighted by Gasteiger charge is -2.29. The molecule has 0 saturated heterocycles. The smallest absolute Gasteiger partial charge is 0.305 e. The topological polar surface area (TPSA) is 35.5 Å². The van der Waals surface area contributed by atoms with E-state index in [0.29, 0.717) is 0 Å². The Bertz CT molecular complexity index is 291. The predicted octanol–water partition coefficient (Wildman–Crippen LogP) is 5.47. The van der Waals surface area contributed by atoms with Crippen molar-refractivity contribution in [2.45, 2.75) is 38.5 Å². The van der Waals surface area contributed by atoms with E-state index in [2.05, 4.69) is 9.05 Å². The Morgan fingerprint density at radius 1 is 0.895 bits per heavy atom. The van der Waals surface area contributed by atoms with Gasteiger partial charge in [0.15, 0.2) is 0 Å². The van der Waals surface area contributed by atoms with Gasteiger partial charge in [-0.2, -0.15) is 26.3 Å². The minimum Gasteiger partial charge on any atom is -0.305 e. The molecule has 3 nitrogen and oxygen atoms in total. The molecule has 11 heteroatoms. The first kappa shape index (κ1) is 19.2. The molecule has 0 radical (unpaired) electrons. The summed E-state index contributed by atoms with van der Waals surface area (Å²) in [6.07, 6.45) is 0.247. The normalized spacial score (nSPS) is 14.2. The summed E-state index contributed by atoms with van der Waals surface area (Å²) < 4.78 is 95.8. The van der Waals surface area contributed by atoms with Gasteiger partial charge in [0.25, 0.3) is 0 Å². The van der Waals surface area contributed by atoms with Gasteiger partial charge in [-0.1, -0.05) is 13.8 Å². The van der Waals surface area contributed by atoms with Crippen LogP contribution in [0.25, 0.3) is 0 Å². The van der Waals surface area contributed by atoms with E-state index >= 15 is 0 Å². The number of halogens is 6. The summed E-state index contributed by atoms with van der Waals surface area (Å²) in [4.78, 5) is 0. The Hall–Kier alpha value is 0.160. The van der Waals surface area contributed by atoms with Crippen molar-refractivity contribution in [3.63, 3.8) is 0 Å². The second kappa shape index (κ2) is 7.25. The lowest BCUT2D eigenvalue weighted by molar-refractivity contribution is -0.0810. The zero-order chi connectivity index (χ0) is 15.3. The van der Waals surface area contributed by atoms with Crippen molar-refractivity contribution in [3.05, 3.63) is 0 Å². The summed E-state index contributed by atoms with van der Waals surface area (Å²) >= 11 is 0. The number of alkyl halides is 6. The minimum atomic E-state index is -5.69. The van der Waals surface area contributed by atoms with Crippen LogP contribution in [0.3, 0.4) is 0 Å². The maximum atomic E-state index is 12.5. The van der Waals surface area contributed by atoms with Crippen molar-refractivity contribution in [1.82, 2.24) is 0 Å². The Kier molecular flexibility index (Phi) is 7.31. The van der Waals surface area contributed by atoms with Crippen LogP contribution in [-0.2, 0) is 13.6 Å². The van der Waals surface area contributed by atoms with Gasteiger partial charge in [0.2, 0.25) is 7.61 Å². The highest BCUT2D eigenvalue weighted by atomic mass is 32.1. The Labute approximate surface area is 107 Å². The summed E-state index contributed by atoms with van der Waals surface area (Å²) in [5, 5.41) is 0. The van der Waals surface area contributed by atoms with Gasteiger partial charge in [-0.25, -0.2) is 0 Å². The third-order valence-electron chi connectivity index (χ3n) is 1.64. The molecule has 0 rings (SSSR count). The van der Waals surface area contributed by atoms with Crippen LogP contribution in [-0.4, -0.2) is 25.0 Å². The van der Waals surface area contributed by atoms with Crippen molar-refractivity contribution in [2.24, 2.45) is 0 Å². The lowest BCUT2D eigenvalue weighted by Crippen LogP contribution is -2.20. The van der Waals surface area contributed by atoms with Crippen LogP contribution in [0.5, 0.6) is 0 Å². The number of rotatable bonds is 7. The highest BCUT2D eigenvalue weighted by Crippen LogP contribution is 2.88. The van der Waals surface area contributed by atoms with Crippen LogP contribution >= 0.6 is 14.9 Å². The zero-order valence-electron chi connectivity index (χ0n) is 10.2. The van der Waals surface area contributed by atoms with Gasteiger partial charge in [-0.05, 0) is 12.8 Å². The largest absolute Gasteiger partial charge is 0.425 e. The molecule has 0 aliphatic heterocycles. The molecule has 0 N–H and O–H groups in total.